The van der Waals surface area contributed by atoms with Crippen molar-refractivity contribution in [3.8, 4) is 5.75 Å². The summed E-state index contributed by atoms with van der Waals surface area (Å²) in [7, 11) is 3.62. The summed E-state index contributed by atoms with van der Waals surface area (Å²) in [6.07, 6.45) is 2.69. The summed E-state index contributed by atoms with van der Waals surface area (Å²) >= 11 is 0. The molecule has 1 atom stereocenters. The first-order chi connectivity index (χ1) is 10.2. The molecule has 2 aromatic rings. The molecular formula is C15H25N5O. The molecule has 0 bridgehead atoms. The minimum atomic E-state index is 0.0187. The van der Waals surface area contributed by atoms with Gasteiger partial charge in [0, 0.05) is 13.6 Å². The first kappa shape index (κ1) is 15.6. The van der Waals surface area contributed by atoms with E-state index in [1.165, 1.54) is 0 Å². The third-order valence-electron chi connectivity index (χ3n) is 3.67. The summed E-state index contributed by atoms with van der Waals surface area (Å²) in [5, 5.41) is 12.5. The molecule has 0 amide bonds. The summed E-state index contributed by atoms with van der Waals surface area (Å²) < 4.78 is 9.39. The summed E-state index contributed by atoms with van der Waals surface area (Å²) in [6, 6.07) is 2.19. The standard InChI is InChI=1S/C15H25N5O/c1-6-11-9-12(20(8-3)18-11)14(16-7-2)15-13(21-5)10-17-19(15)4/h9-10,14,16H,6-8H2,1-5H3. The molecule has 0 spiro atoms. The van der Waals surface area contributed by atoms with Gasteiger partial charge in [-0.2, -0.15) is 10.2 Å². The molecule has 0 saturated carbocycles. The SMILES string of the molecule is CCNC(c1c(OC)cnn1C)c1cc(CC)nn1CC. The zero-order valence-electron chi connectivity index (χ0n) is 13.6. The number of aromatic nitrogens is 4. The Morgan fingerprint density at radius 1 is 1.33 bits per heavy atom. The van der Waals surface area contributed by atoms with E-state index >= 15 is 0 Å². The second kappa shape index (κ2) is 6.76. The van der Waals surface area contributed by atoms with Crippen LogP contribution < -0.4 is 10.1 Å². The van der Waals surface area contributed by atoms with E-state index in [9.17, 15) is 0 Å². The fourth-order valence-corrected chi connectivity index (χ4v) is 2.60. The van der Waals surface area contributed by atoms with Crippen molar-refractivity contribution in [3.63, 3.8) is 0 Å². The van der Waals surface area contributed by atoms with Crippen LogP contribution in [0.2, 0.25) is 0 Å². The van der Waals surface area contributed by atoms with Gasteiger partial charge in [0.05, 0.1) is 30.7 Å². The van der Waals surface area contributed by atoms with Gasteiger partial charge in [-0.3, -0.25) is 9.36 Å². The van der Waals surface area contributed by atoms with Crippen LogP contribution in [0.4, 0.5) is 0 Å². The average molecular weight is 291 g/mol. The molecule has 6 nitrogen and oxygen atoms in total. The Morgan fingerprint density at radius 3 is 2.67 bits per heavy atom. The van der Waals surface area contributed by atoms with E-state index in [4.69, 9.17) is 4.74 Å². The number of rotatable bonds is 7. The van der Waals surface area contributed by atoms with Crippen molar-refractivity contribution in [2.24, 2.45) is 7.05 Å². The van der Waals surface area contributed by atoms with Crippen molar-refractivity contribution in [2.75, 3.05) is 13.7 Å². The quantitative estimate of drug-likeness (QED) is 0.846. The van der Waals surface area contributed by atoms with Crippen molar-refractivity contribution in [1.82, 2.24) is 24.9 Å². The van der Waals surface area contributed by atoms with Gasteiger partial charge in [-0.25, -0.2) is 0 Å². The van der Waals surface area contributed by atoms with Gasteiger partial charge in [-0.05, 0) is 26.0 Å². The normalized spacial score (nSPS) is 12.6. The molecule has 2 heterocycles. The maximum absolute atomic E-state index is 5.47. The molecule has 116 valence electrons. The molecule has 0 saturated heterocycles. The number of aryl methyl sites for hydroxylation is 3. The Bertz CT molecular complexity index is 587. The molecule has 0 radical (unpaired) electrons. The second-order valence-corrected chi connectivity index (χ2v) is 4.94. The van der Waals surface area contributed by atoms with Crippen LogP contribution >= 0.6 is 0 Å². The zero-order valence-corrected chi connectivity index (χ0v) is 13.6. The van der Waals surface area contributed by atoms with Gasteiger partial charge in [0.15, 0.2) is 5.75 Å². The molecule has 2 aromatic heterocycles. The van der Waals surface area contributed by atoms with Crippen molar-refractivity contribution in [1.29, 1.82) is 0 Å². The van der Waals surface area contributed by atoms with Crippen LogP contribution in [0.3, 0.4) is 0 Å². The Kier molecular flexibility index (Phi) is 5.01. The number of nitrogens with zero attached hydrogens (tertiary/aromatic N) is 4. The fraction of sp³-hybridized carbons (Fsp3) is 0.600. The Morgan fingerprint density at radius 2 is 2.10 bits per heavy atom. The van der Waals surface area contributed by atoms with Gasteiger partial charge >= 0.3 is 0 Å². The number of methoxy groups -OCH3 is 1. The van der Waals surface area contributed by atoms with Crippen LogP contribution in [0.5, 0.6) is 5.75 Å². The van der Waals surface area contributed by atoms with E-state index in [2.05, 4.69) is 47.0 Å². The van der Waals surface area contributed by atoms with Gasteiger partial charge < -0.3 is 10.1 Å². The first-order valence-corrected chi connectivity index (χ1v) is 7.52. The predicted octanol–water partition coefficient (Wildman–Crippen LogP) is 1.91. The van der Waals surface area contributed by atoms with E-state index in [-0.39, 0.29) is 6.04 Å². The molecule has 0 fully saturated rings. The maximum atomic E-state index is 5.47. The Hall–Kier alpha value is -1.82. The highest BCUT2D eigenvalue weighted by Gasteiger charge is 2.25. The molecule has 1 unspecified atom stereocenters. The van der Waals surface area contributed by atoms with Crippen LogP contribution in [-0.4, -0.2) is 33.2 Å². The smallest absolute Gasteiger partial charge is 0.161 e. The lowest BCUT2D eigenvalue weighted by molar-refractivity contribution is 0.398. The largest absolute Gasteiger partial charge is 0.493 e. The summed E-state index contributed by atoms with van der Waals surface area (Å²) in [5.41, 5.74) is 3.28. The van der Waals surface area contributed by atoms with Gasteiger partial charge in [-0.15, -0.1) is 0 Å². The maximum Gasteiger partial charge on any atom is 0.161 e. The molecular weight excluding hydrogens is 266 g/mol. The lowest BCUT2D eigenvalue weighted by Gasteiger charge is -2.20. The van der Waals surface area contributed by atoms with Crippen LogP contribution in [0.25, 0.3) is 0 Å². The number of hydrogen-bond acceptors (Lipinski definition) is 4. The number of nitrogens with one attached hydrogen (secondary N) is 1. The molecule has 6 heteroatoms. The highest BCUT2D eigenvalue weighted by molar-refractivity contribution is 5.34. The lowest BCUT2D eigenvalue weighted by atomic mass is 10.1. The molecule has 2 rings (SSSR count). The number of ether oxygens (including phenoxy) is 1. The Balaban J connectivity index is 2.52. The van der Waals surface area contributed by atoms with Gasteiger partial charge in [-0.1, -0.05) is 13.8 Å². The molecule has 0 aliphatic rings. The van der Waals surface area contributed by atoms with Crippen molar-refractivity contribution < 1.29 is 4.74 Å². The fourth-order valence-electron chi connectivity index (χ4n) is 2.60. The third-order valence-corrected chi connectivity index (χ3v) is 3.67. The number of hydrogen-bond donors (Lipinski definition) is 1. The highest BCUT2D eigenvalue weighted by atomic mass is 16.5. The highest BCUT2D eigenvalue weighted by Crippen LogP contribution is 2.30. The van der Waals surface area contributed by atoms with E-state index < -0.39 is 0 Å². The molecule has 0 aliphatic heterocycles. The van der Waals surface area contributed by atoms with E-state index in [1.807, 2.05) is 11.7 Å². The van der Waals surface area contributed by atoms with Gasteiger partial charge in [0.1, 0.15) is 5.69 Å². The lowest BCUT2D eigenvalue weighted by Crippen LogP contribution is -2.27. The topological polar surface area (TPSA) is 56.9 Å². The molecule has 0 aliphatic carbocycles. The zero-order chi connectivity index (χ0) is 15.4. The van der Waals surface area contributed by atoms with Crippen LogP contribution in [0, 0.1) is 0 Å². The van der Waals surface area contributed by atoms with Crippen molar-refractivity contribution in [2.45, 2.75) is 39.8 Å². The van der Waals surface area contributed by atoms with Crippen molar-refractivity contribution in [3.05, 3.63) is 29.3 Å². The second-order valence-electron chi connectivity index (χ2n) is 4.94. The third kappa shape index (κ3) is 2.95. The Labute approximate surface area is 126 Å². The molecule has 0 aromatic carbocycles. The monoisotopic (exact) mass is 291 g/mol. The predicted molar refractivity (Wildman–Crippen MR) is 82.6 cm³/mol. The van der Waals surface area contributed by atoms with E-state index in [1.54, 1.807) is 13.3 Å². The first-order valence-electron chi connectivity index (χ1n) is 7.52. The van der Waals surface area contributed by atoms with Gasteiger partial charge in [0.25, 0.3) is 0 Å². The van der Waals surface area contributed by atoms with Crippen LogP contribution in [0.15, 0.2) is 12.3 Å². The van der Waals surface area contributed by atoms with E-state index in [0.717, 1.165) is 42.3 Å². The van der Waals surface area contributed by atoms with Gasteiger partial charge in [0.2, 0.25) is 0 Å². The van der Waals surface area contributed by atoms with Crippen LogP contribution in [-0.2, 0) is 20.0 Å². The summed E-state index contributed by atoms with van der Waals surface area (Å²) in [5.74, 6) is 0.797. The summed E-state index contributed by atoms with van der Waals surface area (Å²) in [6.45, 7) is 8.04. The molecule has 1 N–H and O–H groups in total. The summed E-state index contributed by atoms with van der Waals surface area (Å²) in [4.78, 5) is 0. The molecule has 21 heavy (non-hydrogen) atoms. The minimum Gasteiger partial charge on any atom is -0.493 e. The minimum absolute atomic E-state index is 0.0187. The van der Waals surface area contributed by atoms with E-state index in [0.29, 0.717) is 0 Å². The van der Waals surface area contributed by atoms with Crippen molar-refractivity contribution >= 4 is 0 Å². The average Bonchev–Trinajstić information content (AvgIpc) is 3.08. The van der Waals surface area contributed by atoms with Crippen LogP contribution in [0.1, 0.15) is 43.9 Å².